The lowest BCUT2D eigenvalue weighted by atomic mass is 10.1. The molecule has 17 nitrogen and oxygen atoms in total. The summed E-state index contributed by atoms with van der Waals surface area (Å²) in [6.45, 7) is -0.0585. The van der Waals surface area contributed by atoms with Crippen molar-refractivity contribution in [3.8, 4) is 0 Å². The lowest BCUT2D eigenvalue weighted by Gasteiger charge is -2.16. The normalized spacial score (nSPS) is 20.6. The van der Waals surface area contributed by atoms with Crippen LogP contribution in [0.5, 0.6) is 0 Å². The second-order valence-corrected chi connectivity index (χ2v) is 10.1. The number of aliphatic hydroxyl groups excluding tert-OH is 5. The van der Waals surface area contributed by atoms with Crippen molar-refractivity contribution in [3.63, 3.8) is 0 Å². The summed E-state index contributed by atoms with van der Waals surface area (Å²) in [7, 11) is -4.67. The number of aliphatic carboxylic acids is 1. The molecule has 11 N–H and O–H groups in total. The van der Waals surface area contributed by atoms with Gasteiger partial charge in [0.2, 0.25) is 0 Å². The number of hydrogen-bond donors (Lipinski definition) is 10. The van der Waals surface area contributed by atoms with E-state index in [1.54, 1.807) is 0 Å². The highest BCUT2D eigenvalue weighted by Crippen LogP contribution is 2.38. The lowest BCUT2D eigenvalue weighted by Crippen LogP contribution is -2.33. The third-order valence-electron chi connectivity index (χ3n) is 5.50. The number of carbonyl (C=O) groups is 1. The summed E-state index contributed by atoms with van der Waals surface area (Å²) in [6, 6.07) is 8.54. The summed E-state index contributed by atoms with van der Waals surface area (Å²) < 4.78 is 21.4. The van der Waals surface area contributed by atoms with E-state index < -0.39 is 81.5 Å². The van der Waals surface area contributed by atoms with Gasteiger partial charge in [0.15, 0.2) is 0 Å². The maximum Gasteiger partial charge on any atom is 0.469 e. The molecule has 0 saturated carbocycles. The molecular weight excluding hydrogens is 573 g/mol. The fourth-order valence-corrected chi connectivity index (χ4v) is 3.55. The first kappa shape index (κ1) is 36.2. The van der Waals surface area contributed by atoms with Crippen molar-refractivity contribution in [1.82, 2.24) is 9.55 Å². The SMILES string of the molecule is Cc1cn([C@H]2C[C@H](O)[C@@H](COP(=O)(O)O)O2)c(=O)[nH]c1=O.NC(Cc1ccccc1)C(=O)O.OCC(O)C(O)CO. The zero-order valence-electron chi connectivity index (χ0n) is 22.0. The van der Waals surface area contributed by atoms with Gasteiger partial charge in [-0.05, 0) is 18.9 Å². The predicted octanol–water partition coefficient (Wildman–Crippen LogP) is -3.06. The highest BCUT2D eigenvalue weighted by atomic mass is 31.2. The van der Waals surface area contributed by atoms with Crippen molar-refractivity contribution in [1.29, 1.82) is 0 Å². The number of aromatic nitrogens is 2. The summed E-state index contributed by atoms with van der Waals surface area (Å²) >= 11 is 0. The third kappa shape index (κ3) is 13.2. The molecule has 1 aliphatic heterocycles. The number of phosphoric ester groups is 1. The molecule has 6 atom stereocenters. The molecule has 2 aromatic rings. The number of nitrogens with zero attached hydrogens (tertiary/aromatic N) is 1. The van der Waals surface area contributed by atoms with Crippen molar-refractivity contribution in [3.05, 3.63) is 68.5 Å². The Labute approximate surface area is 233 Å². The summed E-state index contributed by atoms with van der Waals surface area (Å²) in [5.41, 5.74) is 5.38. The first-order chi connectivity index (χ1) is 19.1. The van der Waals surface area contributed by atoms with E-state index in [0.29, 0.717) is 12.0 Å². The minimum Gasteiger partial charge on any atom is -0.480 e. The number of carboxylic acid groups (broad SMARTS) is 1. The molecule has 18 heteroatoms. The van der Waals surface area contributed by atoms with Crippen molar-refractivity contribution in [2.24, 2.45) is 5.73 Å². The van der Waals surface area contributed by atoms with Crippen LogP contribution in [-0.2, 0) is 25.0 Å². The number of rotatable bonds is 10. The van der Waals surface area contributed by atoms with E-state index in [0.717, 1.165) is 10.1 Å². The number of aliphatic hydroxyl groups is 5. The first-order valence-electron chi connectivity index (χ1n) is 12.0. The molecule has 1 saturated heterocycles. The Morgan fingerprint density at radius 1 is 1.17 bits per heavy atom. The average Bonchev–Trinajstić information content (AvgIpc) is 3.29. The van der Waals surface area contributed by atoms with Crippen LogP contribution in [0.1, 0.15) is 23.8 Å². The highest BCUT2D eigenvalue weighted by molar-refractivity contribution is 7.46. The molecule has 0 bridgehead atoms. The van der Waals surface area contributed by atoms with Gasteiger partial charge in [0, 0.05) is 18.2 Å². The van der Waals surface area contributed by atoms with E-state index in [1.165, 1.54) is 13.1 Å². The zero-order chi connectivity index (χ0) is 31.3. The number of carboxylic acids is 1. The van der Waals surface area contributed by atoms with Crippen LogP contribution in [0.2, 0.25) is 0 Å². The van der Waals surface area contributed by atoms with Crippen molar-refractivity contribution in [2.75, 3.05) is 19.8 Å². The molecule has 3 rings (SSSR count). The topological polar surface area (TPSA) is 295 Å². The predicted molar refractivity (Wildman–Crippen MR) is 141 cm³/mol. The second kappa shape index (κ2) is 17.2. The Morgan fingerprint density at radius 3 is 2.22 bits per heavy atom. The Balaban J connectivity index is 0.000000354. The molecule has 1 aliphatic rings. The molecule has 1 fully saturated rings. The number of hydrogen-bond acceptors (Lipinski definition) is 12. The molecule has 1 aromatic carbocycles. The Bertz CT molecular complexity index is 1230. The van der Waals surface area contributed by atoms with Crippen molar-refractivity contribution < 1.29 is 59.0 Å². The van der Waals surface area contributed by atoms with Crippen LogP contribution < -0.4 is 17.0 Å². The molecular formula is C23H36N3O14P. The van der Waals surface area contributed by atoms with E-state index in [1.807, 2.05) is 30.3 Å². The molecule has 41 heavy (non-hydrogen) atoms. The number of nitrogens with one attached hydrogen (secondary N) is 1. The largest absolute Gasteiger partial charge is 0.480 e. The van der Waals surface area contributed by atoms with Gasteiger partial charge in [-0.25, -0.2) is 9.36 Å². The summed E-state index contributed by atoms with van der Waals surface area (Å²) in [6.07, 6.45) is -3.63. The Kier molecular flexibility index (Phi) is 15.2. The fourth-order valence-electron chi connectivity index (χ4n) is 3.21. The quantitative estimate of drug-likeness (QED) is 0.120. The van der Waals surface area contributed by atoms with Gasteiger partial charge < -0.3 is 50.9 Å². The minimum absolute atomic E-state index is 0.0283. The van der Waals surface area contributed by atoms with Crippen LogP contribution in [0.25, 0.3) is 0 Å². The lowest BCUT2D eigenvalue weighted by molar-refractivity contribution is -0.138. The van der Waals surface area contributed by atoms with Gasteiger partial charge in [-0.2, -0.15) is 0 Å². The number of aryl methyl sites for hydroxylation is 1. The van der Waals surface area contributed by atoms with Crippen LogP contribution in [0.4, 0.5) is 0 Å². The highest BCUT2D eigenvalue weighted by Gasteiger charge is 2.37. The van der Waals surface area contributed by atoms with Crippen LogP contribution in [0.15, 0.2) is 46.1 Å². The molecule has 0 radical (unpaired) electrons. The Morgan fingerprint density at radius 2 is 1.73 bits per heavy atom. The minimum atomic E-state index is -4.67. The summed E-state index contributed by atoms with van der Waals surface area (Å²) in [5.74, 6) is -0.959. The smallest absolute Gasteiger partial charge is 0.469 e. The van der Waals surface area contributed by atoms with Crippen LogP contribution in [0.3, 0.4) is 0 Å². The van der Waals surface area contributed by atoms with Gasteiger partial charge in [0.25, 0.3) is 5.56 Å². The number of nitrogens with two attached hydrogens (primary N) is 1. The standard InChI is InChI=1S/C10H15N2O8P.C9H11NO2.C4H10O4/c1-5-3-12(10(15)11-9(5)14)8-2-6(13)7(20-8)4-19-21(16,17)18;10-8(9(11)12)6-7-4-2-1-3-5-7;5-1-3(7)4(8)2-6/h3,6-8,13H,2,4H2,1H3,(H,11,14,15)(H2,16,17,18);1-5,8H,6,10H2,(H,11,12);3-8H,1-2H2/t6-,7+,8+;;/m0../s1. The number of benzene rings is 1. The van der Waals surface area contributed by atoms with E-state index in [-0.39, 0.29) is 6.42 Å². The third-order valence-corrected chi connectivity index (χ3v) is 5.99. The van der Waals surface area contributed by atoms with Crippen LogP contribution in [0, 0.1) is 6.92 Å². The maximum atomic E-state index is 11.7. The average molecular weight is 610 g/mol. The molecule has 3 unspecified atom stereocenters. The number of H-pyrrole nitrogens is 1. The van der Waals surface area contributed by atoms with Gasteiger partial charge >= 0.3 is 19.5 Å². The number of aromatic amines is 1. The molecule has 232 valence electrons. The maximum absolute atomic E-state index is 11.7. The Hall–Kier alpha value is -2.80. The monoisotopic (exact) mass is 609 g/mol. The van der Waals surface area contributed by atoms with E-state index in [2.05, 4.69) is 9.51 Å². The summed E-state index contributed by atoms with van der Waals surface area (Å²) in [5, 5.41) is 51.5. The van der Waals surface area contributed by atoms with Crippen molar-refractivity contribution in [2.45, 2.75) is 56.5 Å². The summed E-state index contributed by atoms with van der Waals surface area (Å²) in [4.78, 5) is 52.7. The molecule has 0 spiro atoms. The molecule has 2 heterocycles. The fraction of sp³-hybridized carbons (Fsp3) is 0.522. The van der Waals surface area contributed by atoms with Crippen LogP contribution >= 0.6 is 7.82 Å². The molecule has 0 aliphatic carbocycles. The van der Waals surface area contributed by atoms with E-state index >= 15 is 0 Å². The second-order valence-electron chi connectivity index (χ2n) is 8.83. The van der Waals surface area contributed by atoms with E-state index in [4.69, 9.17) is 45.8 Å². The van der Waals surface area contributed by atoms with Crippen LogP contribution in [-0.4, -0.2) is 106 Å². The van der Waals surface area contributed by atoms with E-state index in [9.17, 15) is 24.1 Å². The van der Waals surface area contributed by atoms with Gasteiger partial charge in [-0.1, -0.05) is 30.3 Å². The zero-order valence-corrected chi connectivity index (χ0v) is 22.9. The van der Waals surface area contributed by atoms with Gasteiger partial charge in [0.1, 0.15) is 30.6 Å². The van der Waals surface area contributed by atoms with Gasteiger partial charge in [0.05, 0.1) is 25.9 Å². The van der Waals surface area contributed by atoms with Gasteiger partial charge in [-0.15, -0.1) is 0 Å². The number of phosphoric acid groups is 1. The first-order valence-corrected chi connectivity index (χ1v) is 13.6. The van der Waals surface area contributed by atoms with Crippen molar-refractivity contribution >= 4 is 13.8 Å². The number of ether oxygens (including phenoxy) is 1. The molecule has 0 amide bonds. The molecule has 1 aromatic heterocycles. The van der Waals surface area contributed by atoms with Gasteiger partial charge in [-0.3, -0.25) is 23.7 Å².